The number of nitriles is 1. The molecule has 0 spiro atoms. The Morgan fingerprint density at radius 1 is 1.44 bits per heavy atom. The molecule has 2 rings (SSSR count). The number of aromatic amines is 1. The third-order valence-electron chi connectivity index (χ3n) is 2.30. The number of aromatic nitrogens is 1. The Balaban J connectivity index is 2.25. The van der Waals surface area contributed by atoms with Crippen molar-refractivity contribution in [3.05, 3.63) is 47.5 Å². The SMILES string of the molecule is N#Cc1cc(F)ccc1NC(=O)c1cc(N)c[nH]1. The summed E-state index contributed by atoms with van der Waals surface area (Å²) in [7, 11) is 0. The molecule has 0 bridgehead atoms. The number of nitrogens with one attached hydrogen (secondary N) is 2. The molecule has 1 aromatic heterocycles. The van der Waals surface area contributed by atoms with E-state index in [4.69, 9.17) is 11.0 Å². The van der Waals surface area contributed by atoms with Crippen LogP contribution in [0.5, 0.6) is 0 Å². The zero-order valence-electron chi connectivity index (χ0n) is 9.20. The number of nitrogens with two attached hydrogens (primary N) is 1. The van der Waals surface area contributed by atoms with Gasteiger partial charge < -0.3 is 16.0 Å². The van der Waals surface area contributed by atoms with Gasteiger partial charge in [-0.2, -0.15) is 5.26 Å². The van der Waals surface area contributed by atoms with Crippen molar-refractivity contribution in [1.82, 2.24) is 4.98 Å². The average molecular weight is 244 g/mol. The van der Waals surface area contributed by atoms with E-state index in [-0.39, 0.29) is 16.9 Å². The Morgan fingerprint density at radius 2 is 2.22 bits per heavy atom. The monoisotopic (exact) mass is 244 g/mol. The van der Waals surface area contributed by atoms with E-state index in [1.165, 1.54) is 24.4 Å². The highest BCUT2D eigenvalue weighted by Crippen LogP contribution is 2.17. The smallest absolute Gasteiger partial charge is 0.272 e. The predicted octanol–water partition coefficient (Wildman–Crippen LogP) is 1.86. The Morgan fingerprint density at radius 3 is 2.83 bits per heavy atom. The molecule has 18 heavy (non-hydrogen) atoms. The number of hydrogen-bond donors (Lipinski definition) is 3. The van der Waals surface area contributed by atoms with Crippen molar-refractivity contribution >= 4 is 17.3 Å². The summed E-state index contributed by atoms with van der Waals surface area (Å²) < 4.78 is 12.9. The lowest BCUT2D eigenvalue weighted by atomic mass is 10.2. The highest BCUT2D eigenvalue weighted by Gasteiger charge is 2.11. The van der Waals surface area contributed by atoms with Crippen LogP contribution in [0.25, 0.3) is 0 Å². The molecule has 1 aromatic carbocycles. The summed E-state index contributed by atoms with van der Waals surface area (Å²) >= 11 is 0. The van der Waals surface area contributed by atoms with Crippen LogP contribution in [-0.4, -0.2) is 10.9 Å². The first-order chi connectivity index (χ1) is 8.60. The number of nitrogen functional groups attached to an aromatic ring is 1. The van der Waals surface area contributed by atoms with Crippen LogP contribution in [0, 0.1) is 17.1 Å². The zero-order chi connectivity index (χ0) is 13.1. The van der Waals surface area contributed by atoms with E-state index in [9.17, 15) is 9.18 Å². The normalized spacial score (nSPS) is 9.78. The van der Waals surface area contributed by atoms with Gasteiger partial charge in [-0.3, -0.25) is 4.79 Å². The summed E-state index contributed by atoms with van der Waals surface area (Å²) in [5.41, 5.74) is 6.47. The second kappa shape index (κ2) is 4.59. The highest BCUT2D eigenvalue weighted by molar-refractivity contribution is 6.04. The van der Waals surface area contributed by atoms with E-state index in [1.54, 1.807) is 0 Å². The number of rotatable bonds is 2. The highest BCUT2D eigenvalue weighted by atomic mass is 19.1. The van der Waals surface area contributed by atoms with E-state index in [1.807, 2.05) is 6.07 Å². The molecule has 1 amide bonds. The maximum absolute atomic E-state index is 12.9. The van der Waals surface area contributed by atoms with Gasteiger partial charge in [0.25, 0.3) is 5.91 Å². The Kier molecular flexibility index (Phi) is 2.98. The zero-order valence-corrected chi connectivity index (χ0v) is 9.20. The van der Waals surface area contributed by atoms with E-state index in [2.05, 4.69) is 10.3 Å². The molecule has 0 atom stereocenters. The summed E-state index contributed by atoms with van der Waals surface area (Å²) in [5.74, 6) is -0.983. The van der Waals surface area contributed by atoms with E-state index >= 15 is 0 Å². The predicted molar refractivity (Wildman–Crippen MR) is 64.3 cm³/mol. The fraction of sp³-hybridized carbons (Fsp3) is 0. The summed E-state index contributed by atoms with van der Waals surface area (Å²) in [4.78, 5) is 14.5. The van der Waals surface area contributed by atoms with Crippen LogP contribution in [0.1, 0.15) is 16.1 Å². The topological polar surface area (TPSA) is 94.7 Å². The lowest BCUT2D eigenvalue weighted by Crippen LogP contribution is -2.13. The molecule has 0 saturated carbocycles. The molecule has 0 fully saturated rings. The van der Waals surface area contributed by atoms with Crippen molar-refractivity contribution in [3.8, 4) is 6.07 Å². The summed E-state index contributed by atoms with van der Waals surface area (Å²) in [5, 5.41) is 11.3. The lowest BCUT2D eigenvalue weighted by Gasteiger charge is -2.05. The molecule has 0 aliphatic carbocycles. The Bertz CT molecular complexity index is 642. The first-order valence-electron chi connectivity index (χ1n) is 5.05. The molecular weight excluding hydrogens is 235 g/mol. The minimum Gasteiger partial charge on any atom is -0.397 e. The number of hydrogen-bond acceptors (Lipinski definition) is 3. The first kappa shape index (κ1) is 11.7. The van der Waals surface area contributed by atoms with Crippen molar-refractivity contribution < 1.29 is 9.18 Å². The lowest BCUT2D eigenvalue weighted by molar-refractivity contribution is 0.102. The molecule has 90 valence electrons. The van der Waals surface area contributed by atoms with Crippen LogP contribution in [0.15, 0.2) is 30.5 Å². The first-order valence-corrected chi connectivity index (χ1v) is 5.05. The van der Waals surface area contributed by atoms with Gasteiger partial charge in [-0.15, -0.1) is 0 Å². The fourth-order valence-electron chi connectivity index (χ4n) is 1.45. The van der Waals surface area contributed by atoms with Gasteiger partial charge in [0.1, 0.15) is 17.6 Å². The maximum atomic E-state index is 12.9. The minimum absolute atomic E-state index is 0.0582. The quantitative estimate of drug-likeness (QED) is 0.752. The number of halogens is 1. The van der Waals surface area contributed by atoms with Gasteiger partial charge in [0.15, 0.2) is 0 Å². The molecule has 0 aliphatic heterocycles. The largest absolute Gasteiger partial charge is 0.397 e. The van der Waals surface area contributed by atoms with Crippen molar-refractivity contribution in [2.75, 3.05) is 11.1 Å². The second-order valence-corrected chi connectivity index (χ2v) is 3.60. The molecule has 6 heteroatoms. The van der Waals surface area contributed by atoms with Gasteiger partial charge >= 0.3 is 0 Å². The number of anilines is 2. The fourth-order valence-corrected chi connectivity index (χ4v) is 1.45. The van der Waals surface area contributed by atoms with Crippen molar-refractivity contribution in [2.24, 2.45) is 0 Å². The Labute approximate surface area is 102 Å². The van der Waals surface area contributed by atoms with Gasteiger partial charge in [-0.05, 0) is 24.3 Å². The van der Waals surface area contributed by atoms with Gasteiger partial charge in [0.05, 0.1) is 11.3 Å². The standard InChI is InChI=1S/C12H9FN4O/c13-8-1-2-10(7(3-8)5-14)17-12(18)11-4-9(15)6-16-11/h1-4,6,16H,15H2,(H,17,18). The van der Waals surface area contributed by atoms with Gasteiger partial charge in [0.2, 0.25) is 0 Å². The van der Waals surface area contributed by atoms with Gasteiger partial charge in [-0.1, -0.05) is 0 Å². The van der Waals surface area contributed by atoms with Crippen molar-refractivity contribution in [2.45, 2.75) is 0 Å². The number of amides is 1. The molecule has 2 aromatic rings. The van der Waals surface area contributed by atoms with Crippen LogP contribution >= 0.6 is 0 Å². The molecule has 5 nitrogen and oxygen atoms in total. The number of H-pyrrole nitrogens is 1. The number of benzene rings is 1. The number of carbonyl (C=O) groups excluding carboxylic acids is 1. The molecule has 0 saturated heterocycles. The van der Waals surface area contributed by atoms with E-state index in [0.29, 0.717) is 5.69 Å². The summed E-state index contributed by atoms with van der Waals surface area (Å²) in [6.45, 7) is 0. The van der Waals surface area contributed by atoms with E-state index < -0.39 is 11.7 Å². The molecule has 0 aliphatic rings. The molecule has 0 radical (unpaired) electrons. The second-order valence-electron chi connectivity index (χ2n) is 3.60. The Hall–Kier alpha value is -2.81. The third-order valence-corrected chi connectivity index (χ3v) is 2.30. The van der Waals surface area contributed by atoms with Crippen LogP contribution in [-0.2, 0) is 0 Å². The minimum atomic E-state index is -0.534. The van der Waals surface area contributed by atoms with Crippen LogP contribution < -0.4 is 11.1 Å². The average Bonchev–Trinajstić information content (AvgIpc) is 2.78. The van der Waals surface area contributed by atoms with Crippen LogP contribution in [0.2, 0.25) is 0 Å². The van der Waals surface area contributed by atoms with Crippen molar-refractivity contribution in [1.29, 1.82) is 5.26 Å². The maximum Gasteiger partial charge on any atom is 0.272 e. The molecular formula is C12H9FN4O. The summed E-state index contributed by atoms with van der Waals surface area (Å²) in [6.07, 6.45) is 1.48. The van der Waals surface area contributed by atoms with Crippen molar-refractivity contribution in [3.63, 3.8) is 0 Å². The molecule has 1 heterocycles. The molecule has 4 N–H and O–H groups in total. The number of nitrogens with zero attached hydrogens (tertiary/aromatic N) is 1. The number of carbonyl (C=O) groups is 1. The summed E-state index contributed by atoms with van der Waals surface area (Å²) in [6, 6.07) is 6.82. The molecule has 0 unspecified atom stereocenters. The third kappa shape index (κ3) is 2.30. The van der Waals surface area contributed by atoms with Gasteiger partial charge in [0, 0.05) is 11.9 Å². The van der Waals surface area contributed by atoms with Crippen LogP contribution in [0.4, 0.5) is 15.8 Å². The van der Waals surface area contributed by atoms with Crippen LogP contribution in [0.3, 0.4) is 0 Å². The van der Waals surface area contributed by atoms with E-state index in [0.717, 1.165) is 6.07 Å². The van der Waals surface area contributed by atoms with Gasteiger partial charge in [-0.25, -0.2) is 4.39 Å².